The molecule has 1 aromatic carbocycles. The van der Waals surface area contributed by atoms with Gasteiger partial charge in [0.15, 0.2) is 0 Å². The number of benzene rings is 1. The van der Waals surface area contributed by atoms with Crippen molar-refractivity contribution in [3.05, 3.63) is 35.9 Å². The maximum absolute atomic E-state index is 10.6. The van der Waals surface area contributed by atoms with E-state index < -0.39 is 0 Å². The predicted octanol–water partition coefficient (Wildman–Crippen LogP) is 2.00. The Kier molecular flexibility index (Phi) is 6.52. The van der Waals surface area contributed by atoms with Gasteiger partial charge < -0.3 is 10.5 Å². The average Bonchev–Trinajstić information content (AvgIpc) is 2.38. The Balaban J connectivity index is 2.20. The number of carbonyl (C=O) groups excluding carboxylic acids is 1. The second kappa shape index (κ2) is 8.26. The number of nitriles is 1. The molecule has 96 valence electrons. The molecule has 0 heterocycles. The molecule has 1 amide bonds. The topological polar surface area (TPSA) is 76.1 Å². The zero-order valence-electron chi connectivity index (χ0n) is 10.3. The fourth-order valence-electron chi connectivity index (χ4n) is 1.60. The van der Waals surface area contributed by atoms with E-state index in [0.29, 0.717) is 32.5 Å². The first-order valence-corrected chi connectivity index (χ1v) is 6.02. The lowest BCUT2D eigenvalue weighted by Crippen LogP contribution is -2.12. The highest BCUT2D eigenvalue weighted by Gasteiger charge is 2.08. The maximum Gasteiger partial charge on any atom is 0.217 e. The highest BCUT2D eigenvalue weighted by Crippen LogP contribution is 2.09. The molecule has 4 nitrogen and oxygen atoms in total. The minimum absolute atomic E-state index is 0.173. The summed E-state index contributed by atoms with van der Waals surface area (Å²) in [7, 11) is 0. The molecular weight excluding hydrogens is 228 g/mol. The molecule has 0 spiro atoms. The first-order chi connectivity index (χ1) is 8.72. The van der Waals surface area contributed by atoms with E-state index in [2.05, 4.69) is 6.07 Å². The van der Waals surface area contributed by atoms with Crippen LogP contribution in [0.5, 0.6) is 0 Å². The minimum Gasteiger partial charge on any atom is -0.375 e. The Morgan fingerprint density at radius 1 is 1.39 bits per heavy atom. The SMILES string of the molecule is N#CC(CCCC(N)=O)COCc1ccccc1. The number of primary amides is 1. The molecule has 0 radical (unpaired) electrons. The van der Waals surface area contributed by atoms with Crippen LogP contribution in [-0.2, 0) is 16.1 Å². The number of ether oxygens (including phenoxy) is 1. The monoisotopic (exact) mass is 246 g/mol. The Hall–Kier alpha value is -1.86. The summed E-state index contributed by atoms with van der Waals surface area (Å²) in [4.78, 5) is 10.6. The fraction of sp³-hybridized carbons (Fsp3) is 0.429. The maximum atomic E-state index is 10.6. The second-order valence-corrected chi connectivity index (χ2v) is 4.19. The lowest BCUT2D eigenvalue weighted by atomic mass is 10.0. The number of nitrogens with two attached hydrogens (primary N) is 1. The van der Waals surface area contributed by atoms with E-state index in [1.807, 2.05) is 30.3 Å². The van der Waals surface area contributed by atoms with Gasteiger partial charge in [-0.25, -0.2) is 0 Å². The van der Waals surface area contributed by atoms with Gasteiger partial charge in [0.05, 0.1) is 25.2 Å². The third kappa shape index (κ3) is 6.02. The van der Waals surface area contributed by atoms with Crippen LogP contribution in [0.25, 0.3) is 0 Å². The summed E-state index contributed by atoms with van der Waals surface area (Å²) in [5.41, 5.74) is 6.13. The third-order valence-electron chi connectivity index (χ3n) is 2.59. The summed E-state index contributed by atoms with van der Waals surface area (Å²) in [6.45, 7) is 0.902. The molecular formula is C14H18N2O2. The number of hydrogen-bond donors (Lipinski definition) is 1. The Morgan fingerprint density at radius 2 is 2.11 bits per heavy atom. The van der Waals surface area contributed by atoms with Gasteiger partial charge in [0.1, 0.15) is 0 Å². The van der Waals surface area contributed by atoms with Gasteiger partial charge in [-0.2, -0.15) is 5.26 Å². The summed E-state index contributed by atoms with van der Waals surface area (Å²) in [5, 5.41) is 8.94. The highest BCUT2D eigenvalue weighted by molar-refractivity contribution is 5.73. The van der Waals surface area contributed by atoms with Crippen molar-refractivity contribution in [3.63, 3.8) is 0 Å². The molecule has 0 aliphatic carbocycles. The van der Waals surface area contributed by atoms with Gasteiger partial charge in [-0.05, 0) is 18.4 Å². The Bertz CT molecular complexity index is 398. The Morgan fingerprint density at radius 3 is 2.72 bits per heavy atom. The van der Waals surface area contributed by atoms with Crippen LogP contribution < -0.4 is 5.73 Å². The highest BCUT2D eigenvalue weighted by atomic mass is 16.5. The average molecular weight is 246 g/mol. The van der Waals surface area contributed by atoms with Crippen LogP contribution in [0, 0.1) is 17.2 Å². The van der Waals surface area contributed by atoms with Crippen LogP contribution in [0.4, 0.5) is 0 Å². The van der Waals surface area contributed by atoms with Crippen molar-refractivity contribution in [1.29, 1.82) is 5.26 Å². The van der Waals surface area contributed by atoms with Crippen LogP contribution in [-0.4, -0.2) is 12.5 Å². The second-order valence-electron chi connectivity index (χ2n) is 4.19. The van der Waals surface area contributed by atoms with Crippen molar-refractivity contribution >= 4 is 5.91 Å². The minimum atomic E-state index is -0.322. The molecule has 0 aliphatic rings. The summed E-state index contributed by atoms with van der Waals surface area (Å²) in [5.74, 6) is -0.495. The first kappa shape index (κ1) is 14.2. The molecule has 1 rings (SSSR count). The summed E-state index contributed by atoms with van der Waals surface area (Å²) in [6.07, 6.45) is 1.62. The van der Waals surface area contributed by atoms with Crippen LogP contribution in [0.15, 0.2) is 30.3 Å². The molecule has 1 atom stereocenters. The van der Waals surface area contributed by atoms with Crippen molar-refractivity contribution in [3.8, 4) is 6.07 Å². The molecule has 18 heavy (non-hydrogen) atoms. The molecule has 0 saturated carbocycles. The first-order valence-electron chi connectivity index (χ1n) is 6.02. The van der Waals surface area contributed by atoms with Gasteiger partial charge >= 0.3 is 0 Å². The standard InChI is InChI=1S/C14H18N2O2/c15-9-13(7-4-8-14(16)17)11-18-10-12-5-2-1-3-6-12/h1-3,5-6,13H,4,7-8,10-11H2,(H2,16,17). The van der Waals surface area contributed by atoms with Crippen molar-refractivity contribution in [2.24, 2.45) is 11.7 Å². The number of carbonyl (C=O) groups is 1. The summed E-state index contributed by atoms with van der Waals surface area (Å²) >= 11 is 0. The molecule has 2 N–H and O–H groups in total. The zero-order chi connectivity index (χ0) is 13.2. The number of hydrogen-bond acceptors (Lipinski definition) is 3. The smallest absolute Gasteiger partial charge is 0.217 e. The van der Waals surface area contributed by atoms with Gasteiger partial charge in [-0.3, -0.25) is 4.79 Å². The molecule has 0 bridgehead atoms. The van der Waals surface area contributed by atoms with Crippen molar-refractivity contribution in [2.75, 3.05) is 6.61 Å². The molecule has 0 aromatic heterocycles. The van der Waals surface area contributed by atoms with E-state index >= 15 is 0 Å². The van der Waals surface area contributed by atoms with Crippen LogP contribution in [0.2, 0.25) is 0 Å². The lowest BCUT2D eigenvalue weighted by Gasteiger charge is -2.09. The van der Waals surface area contributed by atoms with Crippen LogP contribution >= 0.6 is 0 Å². The molecule has 0 aliphatic heterocycles. The van der Waals surface area contributed by atoms with Crippen molar-refractivity contribution < 1.29 is 9.53 Å². The van der Waals surface area contributed by atoms with E-state index in [0.717, 1.165) is 5.56 Å². The molecule has 0 fully saturated rings. The van der Waals surface area contributed by atoms with E-state index in [9.17, 15) is 4.79 Å². The van der Waals surface area contributed by atoms with Gasteiger partial charge in [0.25, 0.3) is 0 Å². The van der Waals surface area contributed by atoms with Crippen molar-refractivity contribution in [2.45, 2.75) is 25.9 Å². The van der Waals surface area contributed by atoms with Gasteiger partial charge in [0.2, 0.25) is 5.91 Å². The van der Waals surface area contributed by atoms with Crippen LogP contribution in [0.1, 0.15) is 24.8 Å². The molecule has 1 aromatic rings. The van der Waals surface area contributed by atoms with Crippen molar-refractivity contribution in [1.82, 2.24) is 0 Å². The van der Waals surface area contributed by atoms with Gasteiger partial charge in [-0.15, -0.1) is 0 Å². The normalized spacial score (nSPS) is 11.7. The number of amides is 1. The van der Waals surface area contributed by atoms with E-state index in [1.165, 1.54) is 0 Å². The fourth-order valence-corrected chi connectivity index (χ4v) is 1.60. The van der Waals surface area contributed by atoms with E-state index in [-0.39, 0.29) is 11.8 Å². The Labute approximate surface area is 107 Å². The van der Waals surface area contributed by atoms with E-state index in [4.69, 9.17) is 15.7 Å². The summed E-state index contributed by atoms with van der Waals surface area (Å²) < 4.78 is 5.49. The van der Waals surface area contributed by atoms with Gasteiger partial charge in [0, 0.05) is 6.42 Å². The number of rotatable bonds is 8. The predicted molar refractivity (Wildman–Crippen MR) is 68.2 cm³/mol. The quantitative estimate of drug-likeness (QED) is 0.762. The van der Waals surface area contributed by atoms with E-state index in [1.54, 1.807) is 0 Å². The summed E-state index contributed by atoms with van der Waals surface area (Å²) in [6, 6.07) is 12.0. The largest absolute Gasteiger partial charge is 0.375 e. The molecule has 4 heteroatoms. The van der Waals surface area contributed by atoms with Crippen LogP contribution in [0.3, 0.4) is 0 Å². The lowest BCUT2D eigenvalue weighted by molar-refractivity contribution is -0.118. The molecule has 0 saturated heterocycles. The zero-order valence-corrected chi connectivity index (χ0v) is 10.3. The number of nitrogens with zero attached hydrogens (tertiary/aromatic N) is 1. The van der Waals surface area contributed by atoms with Gasteiger partial charge in [-0.1, -0.05) is 30.3 Å². The third-order valence-corrected chi connectivity index (χ3v) is 2.59. The molecule has 1 unspecified atom stereocenters.